The third-order valence-electron chi connectivity index (χ3n) is 4.83. The van der Waals surface area contributed by atoms with E-state index in [-0.39, 0.29) is 24.9 Å². The van der Waals surface area contributed by atoms with Gasteiger partial charge in [0.25, 0.3) is 0 Å². The second-order valence-electron chi connectivity index (χ2n) is 11.2. The predicted octanol–water partition coefficient (Wildman–Crippen LogP) is 6.31. The number of halogens is 3. The molecule has 0 saturated carbocycles. The van der Waals surface area contributed by atoms with E-state index in [4.69, 9.17) is 31.1 Å². The first-order valence-corrected chi connectivity index (χ1v) is 15.0. The molecule has 12 nitrogen and oxygen atoms in total. The number of alkyl carbamates (subject to hydrolysis) is 1. The molecule has 0 bridgehead atoms. The summed E-state index contributed by atoms with van der Waals surface area (Å²) < 4.78 is 29.0. The largest absolute Gasteiger partial charge is 0.507 e. The van der Waals surface area contributed by atoms with Gasteiger partial charge in [-0.1, -0.05) is 12.1 Å². The Morgan fingerprint density at radius 3 is 2.11 bits per heavy atom. The van der Waals surface area contributed by atoms with Gasteiger partial charge in [-0.3, -0.25) is 15.1 Å². The smallest absolute Gasteiger partial charge is 0.417 e. The van der Waals surface area contributed by atoms with Crippen LogP contribution in [0.1, 0.15) is 59.1 Å². The first kappa shape index (κ1) is 38.4. The van der Waals surface area contributed by atoms with Gasteiger partial charge in [0.2, 0.25) is 5.96 Å². The number of phenolic OH excluding ortho intramolecular Hbond substituents is 1. The molecule has 2 rings (SSSR count). The number of rotatable bonds is 8. The van der Waals surface area contributed by atoms with Crippen molar-refractivity contribution >= 4 is 56.0 Å². The summed E-state index contributed by atoms with van der Waals surface area (Å²) in [6.45, 7) is 10.5. The quantitative estimate of drug-likeness (QED) is 0.118. The fourth-order valence-corrected chi connectivity index (χ4v) is 4.00. The Bertz CT molecular complexity index is 1310. The van der Waals surface area contributed by atoms with Gasteiger partial charge in [-0.2, -0.15) is 0 Å². The summed E-state index contributed by atoms with van der Waals surface area (Å²) in [5.74, 6) is 0.309. The zero-order valence-electron chi connectivity index (χ0n) is 25.7. The third kappa shape index (κ3) is 15.8. The number of ether oxygens (including phenoxy) is 3. The molecule has 0 aliphatic rings. The Kier molecular flexibility index (Phi) is 15.4. The molecule has 0 fully saturated rings. The summed E-state index contributed by atoms with van der Waals surface area (Å²) >= 11 is 6.58. The standard InChI is InChI=1S/C18H26BrN3O5.C11H15BrFN3O/c1-17(2,3)26-15(24)21-14(20)22(16(25)27-18(4,5)6)10-11-7-8-13(23)12(19)9-11;12-9-6-8(7-16-11(14)15)2-3-10(9)17-5-1-4-13/h7-9,23H,10H2,1-6H3,(H2,20,21,24);2-3,6H,1,4-5,7H2,(H4,14,15,16)/i;13-1. The number of hydrogen-bond donors (Lipinski definition) is 5. The average Bonchev–Trinajstić information content (AvgIpc) is 2.87. The highest BCUT2D eigenvalue weighted by Crippen LogP contribution is 2.27. The van der Waals surface area contributed by atoms with Crippen molar-refractivity contribution in [1.29, 1.82) is 5.41 Å². The zero-order valence-corrected chi connectivity index (χ0v) is 28.8. The van der Waals surface area contributed by atoms with Crippen molar-refractivity contribution in [2.24, 2.45) is 16.5 Å². The van der Waals surface area contributed by atoms with Crippen LogP contribution in [-0.4, -0.2) is 58.6 Å². The molecule has 0 saturated heterocycles. The van der Waals surface area contributed by atoms with E-state index in [1.54, 1.807) is 59.7 Å². The maximum absolute atomic E-state index is 12.5. The van der Waals surface area contributed by atoms with Gasteiger partial charge in [-0.25, -0.2) is 19.5 Å². The van der Waals surface area contributed by atoms with E-state index in [2.05, 4.69) is 42.2 Å². The fourth-order valence-electron chi connectivity index (χ4n) is 3.03. The highest BCUT2D eigenvalue weighted by atomic mass is 79.9. The Balaban J connectivity index is 0.000000488. The van der Waals surface area contributed by atoms with Crippen LogP contribution in [0.5, 0.6) is 11.5 Å². The van der Waals surface area contributed by atoms with Gasteiger partial charge in [-0.05, 0) is 109 Å². The van der Waals surface area contributed by atoms with Gasteiger partial charge in [0.05, 0.1) is 35.3 Å². The molecule has 0 aliphatic heterocycles. The minimum atomic E-state index is -0.854. The minimum Gasteiger partial charge on any atom is -0.507 e. The van der Waals surface area contributed by atoms with E-state index in [1.807, 2.05) is 12.1 Å². The van der Waals surface area contributed by atoms with E-state index in [0.717, 1.165) is 14.9 Å². The van der Waals surface area contributed by atoms with Crippen molar-refractivity contribution in [2.75, 3.05) is 13.3 Å². The van der Waals surface area contributed by atoms with Gasteiger partial charge in [0.1, 0.15) is 22.7 Å². The highest BCUT2D eigenvalue weighted by Gasteiger charge is 2.28. The second-order valence-corrected chi connectivity index (χ2v) is 12.9. The first-order valence-electron chi connectivity index (χ1n) is 13.4. The number of carbonyl (C=O) groups is 2. The van der Waals surface area contributed by atoms with Crippen LogP contribution in [-0.2, 0) is 22.6 Å². The topological polar surface area (TPSA) is 186 Å². The molecule has 0 heterocycles. The molecule has 2 aromatic rings. The molecular weight excluding hydrogens is 706 g/mol. The Hall–Kier alpha value is -3.59. The summed E-state index contributed by atoms with van der Waals surface area (Å²) in [4.78, 5) is 29.3. The number of benzene rings is 2. The number of nitrogens with zero attached hydrogens (tertiary/aromatic N) is 2. The summed E-state index contributed by atoms with van der Waals surface area (Å²) in [7, 11) is 0. The fraction of sp³-hybridized carbons (Fsp3) is 0.448. The second kappa shape index (κ2) is 17.6. The number of amides is 2. The molecule has 44 heavy (non-hydrogen) atoms. The number of phenols is 1. The van der Waals surface area contributed by atoms with Crippen molar-refractivity contribution in [3.8, 4) is 11.5 Å². The molecule has 0 aliphatic carbocycles. The van der Waals surface area contributed by atoms with E-state index in [0.29, 0.717) is 35.4 Å². The lowest BCUT2D eigenvalue weighted by Crippen LogP contribution is -2.49. The number of aliphatic imine (C=N–C) groups is 1. The van der Waals surface area contributed by atoms with E-state index >= 15 is 0 Å². The number of alkyl halides is 1. The Labute approximate surface area is 274 Å². The lowest BCUT2D eigenvalue weighted by atomic mass is 10.2. The number of hydrogen-bond acceptors (Lipinski definition) is 8. The summed E-state index contributed by atoms with van der Waals surface area (Å²) in [6.07, 6.45) is -1.26. The van der Waals surface area contributed by atoms with E-state index in [1.165, 1.54) is 6.07 Å². The van der Waals surface area contributed by atoms with Crippen LogP contribution in [0.25, 0.3) is 0 Å². The zero-order chi connectivity index (χ0) is 33.7. The lowest BCUT2D eigenvalue weighted by Gasteiger charge is -2.28. The molecule has 2 amide bonds. The third-order valence-corrected chi connectivity index (χ3v) is 6.09. The van der Waals surface area contributed by atoms with Crippen LogP contribution < -0.4 is 21.5 Å². The number of aromatic hydroxyl groups is 1. The maximum Gasteiger partial charge on any atom is 0.417 e. The van der Waals surface area contributed by atoms with E-state index < -0.39 is 29.3 Å². The van der Waals surface area contributed by atoms with Crippen LogP contribution in [0.4, 0.5) is 14.0 Å². The SMILES string of the molecule is CC(C)(C)OC(=O)NC(=N)N(Cc1ccc(O)c(Br)c1)C(=O)OC(C)(C)C.NC(N)=NCc1ccc(OCCC[18F])c(Br)c1. The monoisotopic (exact) mass is 745 g/mol. The van der Waals surface area contributed by atoms with Crippen molar-refractivity contribution in [1.82, 2.24) is 10.2 Å². The molecule has 0 radical (unpaired) electrons. The van der Waals surface area contributed by atoms with Crippen molar-refractivity contribution in [2.45, 2.75) is 72.3 Å². The van der Waals surface area contributed by atoms with Gasteiger partial charge >= 0.3 is 12.2 Å². The van der Waals surface area contributed by atoms with Crippen molar-refractivity contribution < 1.29 is 33.3 Å². The molecule has 0 atom stereocenters. The summed E-state index contributed by atoms with van der Waals surface area (Å²) in [5.41, 5.74) is 10.5. The normalized spacial score (nSPS) is 10.9. The molecule has 2 aromatic carbocycles. The Morgan fingerprint density at radius 2 is 1.59 bits per heavy atom. The number of nitrogens with one attached hydrogen (secondary N) is 2. The molecule has 0 unspecified atom stereocenters. The van der Waals surface area contributed by atoms with Crippen LogP contribution in [0.3, 0.4) is 0 Å². The average molecular weight is 747 g/mol. The molecule has 7 N–H and O–H groups in total. The van der Waals surface area contributed by atoms with Gasteiger partial charge in [0, 0.05) is 6.42 Å². The highest BCUT2D eigenvalue weighted by molar-refractivity contribution is 9.10. The summed E-state index contributed by atoms with van der Waals surface area (Å²) in [6, 6.07) is 10.2. The molecular formula is C29H41Br2FN6O6. The van der Waals surface area contributed by atoms with Crippen molar-refractivity contribution in [3.63, 3.8) is 0 Å². The van der Waals surface area contributed by atoms with Crippen LogP contribution >= 0.6 is 31.9 Å². The molecule has 244 valence electrons. The Morgan fingerprint density at radius 1 is 1.00 bits per heavy atom. The predicted molar refractivity (Wildman–Crippen MR) is 174 cm³/mol. The molecule has 0 spiro atoms. The molecule has 15 heteroatoms. The number of carbonyl (C=O) groups excluding carboxylic acids is 2. The lowest BCUT2D eigenvalue weighted by molar-refractivity contribution is 0.0346. The molecule has 0 aromatic heterocycles. The maximum atomic E-state index is 12.5. The van der Waals surface area contributed by atoms with Crippen LogP contribution in [0, 0.1) is 5.41 Å². The van der Waals surface area contributed by atoms with Gasteiger partial charge in [-0.15, -0.1) is 0 Å². The van der Waals surface area contributed by atoms with E-state index in [9.17, 15) is 19.1 Å². The van der Waals surface area contributed by atoms with Gasteiger partial charge < -0.3 is 30.8 Å². The minimum absolute atomic E-state index is 0.0459. The van der Waals surface area contributed by atoms with Crippen molar-refractivity contribution in [3.05, 3.63) is 56.5 Å². The van der Waals surface area contributed by atoms with Crippen LogP contribution in [0.15, 0.2) is 50.3 Å². The number of nitrogens with two attached hydrogens (primary N) is 2. The first-order chi connectivity index (χ1) is 20.3. The van der Waals surface area contributed by atoms with Gasteiger partial charge in [0.15, 0.2) is 5.96 Å². The van der Waals surface area contributed by atoms with Crippen LogP contribution in [0.2, 0.25) is 0 Å². The summed E-state index contributed by atoms with van der Waals surface area (Å²) in [5, 5.41) is 20.0. The number of guanidine groups is 2.